The minimum Gasteiger partial charge on any atom is -0.390 e. The van der Waals surface area contributed by atoms with E-state index >= 15 is 0 Å². The lowest BCUT2D eigenvalue weighted by Gasteiger charge is -2.09. The van der Waals surface area contributed by atoms with Crippen molar-refractivity contribution in [2.45, 2.75) is 18.8 Å². The van der Waals surface area contributed by atoms with Crippen LogP contribution >= 0.6 is 0 Å². The van der Waals surface area contributed by atoms with Crippen LogP contribution < -0.4 is 0 Å². The van der Waals surface area contributed by atoms with Gasteiger partial charge in [0.1, 0.15) is 11.5 Å². The van der Waals surface area contributed by atoms with E-state index in [2.05, 4.69) is 5.16 Å². The summed E-state index contributed by atoms with van der Waals surface area (Å²) in [6.45, 7) is -0.269. The maximum atomic E-state index is 11.2. The van der Waals surface area contributed by atoms with Gasteiger partial charge in [-0.15, -0.1) is 0 Å². The van der Waals surface area contributed by atoms with Crippen LogP contribution in [0.25, 0.3) is 0 Å². The molecule has 0 bridgehead atoms. The number of aliphatic hydroxyl groups is 1. The minimum absolute atomic E-state index is 0.0538. The average Bonchev–Trinajstić information content (AvgIpc) is 2.44. The van der Waals surface area contributed by atoms with Crippen molar-refractivity contribution in [3.05, 3.63) is 17.0 Å². The molecule has 0 unspecified atom stereocenters. The van der Waals surface area contributed by atoms with E-state index in [1.165, 1.54) is 0 Å². The Kier molecular flexibility index (Phi) is 1.88. The smallest absolute Gasteiger partial charge is 0.155 e. The molecule has 13 heavy (non-hydrogen) atoms. The summed E-state index contributed by atoms with van der Waals surface area (Å²) in [6, 6.07) is 0. The van der Waals surface area contributed by atoms with Crippen LogP contribution in [-0.2, 0) is 28.6 Å². The fourth-order valence-corrected chi connectivity index (χ4v) is 2.81. The third-order valence-corrected chi connectivity index (χ3v) is 3.66. The second kappa shape index (κ2) is 2.81. The summed E-state index contributed by atoms with van der Waals surface area (Å²) in [4.78, 5) is 0. The zero-order valence-corrected chi connectivity index (χ0v) is 7.67. The molecule has 2 heterocycles. The number of aromatic nitrogens is 1. The summed E-state index contributed by atoms with van der Waals surface area (Å²) < 4.78 is 27.4. The van der Waals surface area contributed by atoms with Gasteiger partial charge in [-0.2, -0.15) is 0 Å². The van der Waals surface area contributed by atoms with Crippen LogP contribution in [0.5, 0.6) is 0 Å². The van der Waals surface area contributed by atoms with Gasteiger partial charge >= 0.3 is 0 Å². The van der Waals surface area contributed by atoms with Gasteiger partial charge in [0, 0.05) is 12.0 Å². The molecular formula is C7H9NO4S. The molecule has 0 spiro atoms. The van der Waals surface area contributed by atoms with Crippen molar-refractivity contribution in [1.29, 1.82) is 0 Å². The van der Waals surface area contributed by atoms with E-state index in [1.807, 2.05) is 0 Å². The van der Waals surface area contributed by atoms with Crippen molar-refractivity contribution in [3.8, 4) is 0 Å². The molecular weight excluding hydrogens is 194 g/mol. The Morgan fingerprint density at radius 2 is 2.31 bits per heavy atom. The highest BCUT2D eigenvalue weighted by Gasteiger charge is 2.27. The van der Waals surface area contributed by atoms with Crippen LogP contribution in [-0.4, -0.2) is 24.4 Å². The highest BCUT2D eigenvalue weighted by Crippen LogP contribution is 2.23. The minimum atomic E-state index is -3.01. The molecule has 0 atom stereocenters. The molecule has 0 saturated heterocycles. The molecule has 0 fully saturated rings. The second-order valence-electron chi connectivity index (χ2n) is 3.03. The molecule has 1 aromatic rings. The maximum absolute atomic E-state index is 11.2. The fourth-order valence-electron chi connectivity index (χ4n) is 1.41. The van der Waals surface area contributed by atoms with Gasteiger partial charge in [0.05, 0.1) is 18.1 Å². The number of nitrogens with zero attached hydrogens (tertiary/aromatic N) is 1. The molecule has 1 aliphatic rings. The lowest BCUT2D eigenvalue weighted by atomic mass is 10.2. The topological polar surface area (TPSA) is 80.4 Å². The van der Waals surface area contributed by atoms with E-state index in [0.717, 1.165) is 0 Å². The Hall–Kier alpha value is -0.880. The SMILES string of the molecule is O=S1(=O)CCc2onc(CO)c2C1. The van der Waals surface area contributed by atoms with Crippen molar-refractivity contribution in [3.63, 3.8) is 0 Å². The summed E-state index contributed by atoms with van der Waals surface area (Å²) in [7, 11) is -3.01. The highest BCUT2D eigenvalue weighted by atomic mass is 32.2. The predicted molar refractivity (Wildman–Crippen MR) is 43.6 cm³/mol. The molecule has 0 aliphatic carbocycles. The van der Waals surface area contributed by atoms with Gasteiger partial charge < -0.3 is 9.63 Å². The zero-order valence-electron chi connectivity index (χ0n) is 6.86. The van der Waals surface area contributed by atoms with Crippen LogP contribution in [0.3, 0.4) is 0 Å². The number of hydrogen-bond donors (Lipinski definition) is 1. The quantitative estimate of drug-likeness (QED) is 0.674. The van der Waals surface area contributed by atoms with Gasteiger partial charge in [-0.3, -0.25) is 0 Å². The first-order valence-electron chi connectivity index (χ1n) is 3.90. The first-order chi connectivity index (χ1) is 6.12. The van der Waals surface area contributed by atoms with Crippen molar-refractivity contribution in [2.75, 3.05) is 5.75 Å². The number of hydrogen-bond acceptors (Lipinski definition) is 5. The van der Waals surface area contributed by atoms with Gasteiger partial charge in [0.15, 0.2) is 9.84 Å². The molecule has 0 radical (unpaired) electrons. The summed E-state index contributed by atoms with van der Waals surface area (Å²) in [5.41, 5.74) is 0.895. The Balaban J connectivity index is 2.47. The van der Waals surface area contributed by atoms with Crippen LogP contribution in [0, 0.1) is 0 Å². The van der Waals surface area contributed by atoms with E-state index in [-0.39, 0.29) is 18.1 Å². The standard InChI is InChI=1S/C7H9NO4S/c9-3-6-5-4-13(10,11)2-1-7(5)12-8-6/h9H,1-4H2. The van der Waals surface area contributed by atoms with Gasteiger partial charge in [-0.05, 0) is 0 Å². The Bertz CT molecular complexity index is 406. The van der Waals surface area contributed by atoms with Crippen molar-refractivity contribution in [1.82, 2.24) is 5.16 Å². The van der Waals surface area contributed by atoms with Gasteiger partial charge in [0.25, 0.3) is 0 Å². The van der Waals surface area contributed by atoms with Gasteiger partial charge in [-0.25, -0.2) is 8.42 Å². The number of sulfone groups is 1. The third kappa shape index (κ3) is 1.47. The number of aliphatic hydroxyl groups excluding tert-OH is 1. The molecule has 1 aliphatic heterocycles. The number of aryl methyl sites for hydroxylation is 1. The monoisotopic (exact) mass is 203 g/mol. The van der Waals surface area contributed by atoms with E-state index in [4.69, 9.17) is 9.63 Å². The second-order valence-corrected chi connectivity index (χ2v) is 5.22. The largest absolute Gasteiger partial charge is 0.390 e. The Morgan fingerprint density at radius 1 is 1.54 bits per heavy atom. The molecule has 0 saturated carbocycles. The maximum Gasteiger partial charge on any atom is 0.155 e. The molecule has 1 N–H and O–H groups in total. The summed E-state index contributed by atoms with van der Waals surface area (Å²) in [6.07, 6.45) is 0.366. The van der Waals surface area contributed by atoms with E-state index < -0.39 is 9.84 Å². The zero-order chi connectivity index (χ0) is 9.47. The first-order valence-corrected chi connectivity index (χ1v) is 5.72. The summed E-state index contributed by atoms with van der Waals surface area (Å²) in [5, 5.41) is 12.4. The lowest BCUT2D eigenvalue weighted by molar-refractivity contribution is 0.265. The molecule has 5 nitrogen and oxygen atoms in total. The normalized spacial score (nSPS) is 19.8. The summed E-state index contributed by atoms with van der Waals surface area (Å²) in [5.74, 6) is 0.654. The molecule has 72 valence electrons. The van der Waals surface area contributed by atoms with Crippen LogP contribution in [0.1, 0.15) is 17.0 Å². The average molecular weight is 203 g/mol. The van der Waals surface area contributed by atoms with Gasteiger partial charge in [-0.1, -0.05) is 5.16 Å². The molecule has 1 aromatic heterocycles. The molecule has 0 amide bonds. The number of fused-ring (bicyclic) bond motifs is 1. The fraction of sp³-hybridized carbons (Fsp3) is 0.571. The predicted octanol–water partition coefficient (Wildman–Crippen LogP) is -0.362. The molecule has 0 aromatic carbocycles. The summed E-state index contributed by atoms with van der Waals surface area (Å²) >= 11 is 0. The third-order valence-electron chi connectivity index (χ3n) is 2.11. The first kappa shape index (κ1) is 8.71. The van der Waals surface area contributed by atoms with Crippen LogP contribution in [0.4, 0.5) is 0 Å². The van der Waals surface area contributed by atoms with E-state index in [9.17, 15) is 8.42 Å². The van der Waals surface area contributed by atoms with Crippen LogP contribution in [0.2, 0.25) is 0 Å². The Morgan fingerprint density at radius 3 is 3.00 bits per heavy atom. The van der Waals surface area contributed by atoms with Crippen LogP contribution in [0.15, 0.2) is 4.52 Å². The van der Waals surface area contributed by atoms with Crippen molar-refractivity contribution in [2.24, 2.45) is 0 Å². The molecule has 6 heteroatoms. The highest BCUT2D eigenvalue weighted by molar-refractivity contribution is 7.90. The van der Waals surface area contributed by atoms with E-state index in [0.29, 0.717) is 23.4 Å². The van der Waals surface area contributed by atoms with Crippen molar-refractivity contribution >= 4 is 9.84 Å². The van der Waals surface area contributed by atoms with Gasteiger partial charge in [0.2, 0.25) is 0 Å². The molecule has 2 rings (SSSR count). The van der Waals surface area contributed by atoms with E-state index in [1.54, 1.807) is 0 Å². The van der Waals surface area contributed by atoms with Crippen molar-refractivity contribution < 1.29 is 18.0 Å². The Labute approximate surface area is 75.3 Å². The lowest BCUT2D eigenvalue weighted by Crippen LogP contribution is -2.18. The number of rotatable bonds is 1.